The Morgan fingerprint density at radius 2 is 1.89 bits per heavy atom. The van der Waals surface area contributed by atoms with E-state index in [0.717, 1.165) is 31.2 Å². The first-order valence-electron chi connectivity index (χ1n) is 8.98. The summed E-state index contributed by atoms with van der Waals surface area (Å²) in [6, 6.07) is 8.22. The van der Waals surface area contributed by atoms with Crippen LogP contribution >= 0.6 is 11.6 Å². The number of pyridine rings is 1. The van der Waals surface area contributed by atoms with Gasteiger partial charge in [0.15, 0.2) is 0 Å². The van der Waals surface area contributed by atoms with Gasteiger partial charge >= 0.3 is 0 Å². The molecular weight excluding hydrogens is 386 g/mol. The molecule has 1 aromatic carbocycles. The highest BCUT2D eigenvalue weighted by Gasteiger charge is 2.33. The Hall–Kier alpha value is -1.96. The van der Waals surface area contributed by atoms with E-state index in [0.29, 0.717) is 12.1 Å². The van der Waals surface area contributed by atoms with Crippen LogP contribution in [-0.4, -0.2) is 36.8 Å². The SMILES string of the molecule is O=C(c1ccc(Cl)c(S(=O)(=O)NC2CC2)c1)N1CCCC1c1ccncc1. The van der Waals surface area contributed by atoms with Gasteiger partial charge in [0.1, 0.15) is 4.90 Å². The number of rotatable bonds is 5. The predicted octanol–water partition coefficient (Wildman–Crippen LogP) is 3.15. The summed E-state index contributed by atoms with van der Waals surface area (Å²) >= 11 is 6.12. The first-order chi connectivity index (χ1) is 13.0. The molecule has 2 heterocycles. The summed E-state index contributed by atoms with van der Waals surface area (Å²) in [6.07, 6.45) is 6.87. The molecular formula is C19H20ClN3O3S. The van der Waals surface area contributed by atoms with Crippen LogP contribution in [0.5, 0.6) is 0 Å². The monoisotopic (exact) mass is 405 g/mol. The van der Waals surface area contributed by atoms with Crippen LogP contribution in [0.3, 0.4) is 0 Å². The maximum absolute atomic E-state index is 13.1. The van der Waals surface area contributed by atoms with Gasteiger partial charge in [0, 0.05) is 30.5 Å². The third-order valence-electron chi connectivity index (χ3n) is 4.97. The van der Waals surface area contributed by atoms with E-state index in [1.807, 2.05) is 12.1 Å². The summed E-state index contributed by atoms with van der Waals surface area (Å²) in [5, 5.41) is 0.117. The molecule has 1 unspecified atom stereocenters. The lowest BCUT2D eigenvalue weighted by Crippen LogP contribution is -2.31. The summed E-state index contributed by atoms with van der Waals surface area (Å²) in [4.78, 5) is 18.9. The van der Waals surface area contributed by atoms with E-state index >= 15 is 0 Å². The largest absolute Gasteiger partial charge is 0.332 e. The van der Waals surface area contributed by atoms with Crippen molar-refractivity contribution in [2.24, 2.45) is 0 Å². The van der Waals surface area contributed by atoms with Crippen LogP contribution in [0.2, 0.25) is 5.02 Å². The molecule has 4 rings (SSSR count). The highest BCUT2D eigenvalue weighted by Crippen LogP contribution is 2.34. The van der Waals surface area contributed by atoms with Crippen molar-refractivity contribution >= 4 is 27.5 Å². The van der Waals surface area contributed by atoms with Gasteiger partial charge in [0.25, 0.3) is 5.91 Å². The third kappa shape index (κ3) is 3.85. The molecule has 6 nitrogen and oxygen atoms in total. The number of hydrogen-bond donors (Lipinski definition) is 1. The van der Waals surface area contributed by atoms with Gasteiger partial charge in [-0.15, -0.1) is 0 Å². The second-order valence-corrected chi connectivity index (χ2v) is 9.07. The fourth-order valence-corrected chi connectivity index (χ4v) is 5.26. The van der Waals surface area contributed by atoms with Crippen molar-refractivity contribution in [3.05, 3.63) is 58.9 Å². The average molecular weight is 406 g/mol. The molecule has 0 spiro atoms. The molecule has 2 aromatic rings. The number of likely N-dealkylation sites (tertiary alicyclic amines) is 1. The Morgan fingerprint density at radius 3 is 2.59 bits per heavy atom. The van der Waals surface area contributed by atoms with Gasteiger partial charge in [-0.05, 0) is 61.6 Å². The third-order valence-corrected chi connectivity index (χ3v) is 6.97. The topological polar surface area (TPSA) is 79.4 Å². The molecule has 2 fully saturated rings. The van der Waals surface area contributed by atoms with Gasteiger partial charge in [0.05, 0.1) is 11.1 Å². The van der Waals surface area contributed by atoms with Gasteiger partial charge in [0.2, 0.25) is 10.0 Å². The molecule has 8 heteroatoms. The smallest absolute Gasteiger partial charge is 0.254 e. The second kappa shape index (κ2) is 7.22. The van der Waals surface area contributed by atoms with E-state index in [-0.39, 0.29) is 27.9 Å². The number of sulfonamides is 1. The maximum Gasteiger partial charge on any atom is 0.254 e. The Labute approximate surface area is 163 Å². The van der Waals surface area contributed by atoms with Crippen molar-refractivity contribution in [2.75, 3.05) is 6.54 Å². The molecule has 1 saturated carbocycles. The highest BCUT2D eigenvalue weighted by atomic mass is 35.5. The van der Waals surface area contributed by atoms with Gasteiger partial charge in [-0.1, -0.05) is 11.6 Å². The van der Waals surface area contributed by atoms with Gasteiger partial charge in [-0.3, -0.25) is 9.78 Å². The summed E-state index contributed by atoms with van der Waals surface area (Å²) in [5.41, 5.74) is 1.37. The van der Waals surface area contributed by atoms with Crippen LogP contribution in [0, 0.1) is 0 Å². The zero-order valence-electron chi connectivity index (χ0n) is 14.6. The van der Waals surface area contributed by atoms with Crippen molar-refractivity contribution in [1.29, 1.82) is 0 Å². The van der Waals surface area contributed by atoms with Crippen molar-refractivity contribution < 1.29 is 13.2 Å². The van der Waals surface area contributed by atoms with Crippen LogP contribution in [-0.2, 0) is 10.0 Å². The van der Waals surface area contributed by atoms with E-state index in [9.17, 15) is 13.2 Å². The Bertz CT molecular complexity index is 961. The van der Waals surface area contributed by atoms with Crippen molar-refractivity contribution in [2.45, 2.75) is 42.7 Å². The molecule has 0 radical (unpaired) electrons. The Balaban J connectivity index is 1.63. The first-order valence-corrected chi connectivity index (χ1v) is 10.8. The average Bonchev–Trinajstić information content (AvgIpc) is 3.32. The number of hydrogen-bond acceptors (Lipinski definition) is 4. The number of halogens is 1. The number of nitrogens with zero attached hydrogens (tertiary/aromatic N) is 2. The summed E-state index contributed by atoms with van der Waals surface area (Å²) < 4.78 is 27.7. The van der Waals surface area contributed by atoms with Gasteiger partial charge in [-0.25, -0.2) is 13.1 Å². The minimum atomic E-state index is -3.73. The highest BCUT2D eigenvalue weighted by molar-refractivity contribution is 7.89. The second-order valence-electron chi connectivity index (χ2n) is 6.98. The Morgan fingerprint density at radius 1 is 1.15 bits per heavy atom. The quantitative estimate of drug-likeness (QED) is 0.828. The fourth-order valence-electron chi connectivity index (χ4n) is 3.43. The maximum atomic E-state index is 13.1. The molecule has 1 atom stereocenters. The van der Waals surface area contributed by atoms with Crippen LogP contribution in [0.4, 0.5) is 0 Å². The first kappa shape index (κ1) is 18.4. The van der Waals surface area contributed by atoms with Crippen LogP contribution < -0.4 is 4.72 Å². The molecule has 1 aliphatic heterocycles. The van der Waals surface area contributed by atoms with Crippen molar-refractivity contribution in [3.8, 4) is 0 Å². The zero-order valence-corrected chi connectivity index (χ0v) is 16.2. The number of amides is 1. The molecule has 1 aromatic heterocycles. The molecule has 1 aliphatic carbocycles. The lowest BCUT2D eigenvalue weighted by atomic mass is 10.1. The van der Waals surface area contributed by atoms with Gasteiger partial charge < -0.3 is 4.90 Å². The van der Waals surface area contributed by atoms with E-state index in [2.05, 4.69) is 9.71 Å². The van der Waals surface area contributed by atoms with E-state index in [4.69, 9.17) is 11.6 Å². The molecule has 27 heavy (non-hydrogen) atoms. The van der Waals surface area contributed by atoms with E-state index in [1.165, 1.54) is 12.1 Å². The van der Waals surface area contributed by atoms with E-state index in [1.54, 1.807) is 23.4 Å². The number of nitrogens with one attached hydrogen (secondary N) is 1. The lowest BCUT2D eigenvalue weighted by Gasteiger charge is -2.25. The number of aromatic nitrogens is 1. The minimum Gasteiger partial charge on any atom is -0.332 e. The molecule has 1 amide bonds. The van der Waals surface area contributed by atoms with Crippen LogP contribution in [0.1, 0.15) is 47.6 Å². The summed E-state index contributed by atoms with van der Waals surface area (Å²) in [7, 11) is -3.73. The summed E-state index contributed by atoms with van der Waals surface area (Å²) in [5.74, 6) is -0.186. The van der Waals surface area contributed by atoms with Crippen LogP contribution in [0.15, 0.2) is 47.6 Å². The molecule has 0 bridgehead atoms. The molecule has 142 valence electrons. The van der Waals surface area contributed by atoms with E-state index < -0.39 is 10.0 Å². The van der Waals surface area contributed by atoms with Crippen molar-refractivity contribution in [3.63, 3.8) is 0 Å². The molecule has 1 saturated heterocycles. The minimum absolute atomic E-state index is 0.0270. The lowest BCUT2D eigenvalue weighted by molar-refractivity contribution is 0.0735. The number of benzene rings is 1. The van der Waals surface area contributed by atoms with Gasteiger partial charge in [-0.2, -0.15) is 0 Å². The Kier molecular flexibility index (Phi) is 4.92. The number of carbonyl (C=O) groups is 1. The fraction of sp³-hybridized carbons (Fsp3) is 0.368. The zero-order chi connectivity index (χ0) is 19.0. The number of carbonyl (C=O) groups excluding carboxylic acids is 1. The van der Waals surface area contributed by atoms with Crippen LogP contribution in [0.25, 0.3) is 0 Å². The summed E-state index contributed by atoms with van der Waals surface area (Å²) in [6.45, 7) is 0.636. The van der Waals surface area contributed by atoms with Crippen molar-refractivity contribution in [1.82, 2.24) is 14.6 Å². The standard InChI is InChI=1S/C19H20ClN3O3S/c20-16-6-3-14(12-18(16)27(25,26)22-15-4-5-15)19(24)23-11-1-2-17(23)13-7-9-21-10-8-13/h3,6-10,12,15,17,22H,1-2,4-5,11H2. The molecule has 2 aliphatic rings. The molecule has 1 N–H and O–H groups in total. The normalized spacial score (nSPS) is 20.0. The predicted molar refractivity (Wildman–Crippen MR) is 102 cm³/mol.